The number of carbonyl (C=O) groups is 1. The van der Waals surface area contributed by atoms with Crippen molar-refractivity contribution in [1.82, 2.24) is 0 Å². The number of rotatable bonds is 9. The van der Waals surface area contributed by atoms with E-state index in [0.29, 0.717) is 18.3 Å². The second kappa shape index (κ2) is 9.35. The summed E-state index contributed by atoms with van der Waals surface area (Å²) in [6, 6.07) is 0. The van der Waals surface area contributed by atoms with Gasteiger partial charge in [-0.25, -0.2) is 4.79 Å². The average Bonchev–Trinajstić information content (AvgIpc) is 2.29. The molecule has 0 bridgehead atoms. The largest absolute Gasteiger partial charge is 0.393 e. The summed E-state index contributed by atoms with van der Waals surface area (Å²) in [5, 5.41) is 18.0. The molecule has 0 aliphatic carbocycles. The lowest BCUT2D eigenvalue weighted by Gasteiger charge is -2.21. The van der Waals surface area contributed by atoms with Crippen LogP contribution in [0.4, 0.5) is 0 Å². The van der Waals surface area contributed by atoms with Crippen LogP contribution in [0.15, 0.2) is 0 Å². The van der Waals surface area contributed by atoms with E-state index in [0.717, 1.165) is 25.7 Å². The molecule has 4 nitrogen and oxygen atoms in total. The van der Waals surface area contributed by atoms with Gasteiger partial charge in [0.1, 0.15) is 0 Å². The van der Waals surface area contributed by atoms with Crippen LogP contribution >= 0.6 is 0 Å². The maximum absolute atomic E-state index is 11.6. The molecule has 0 aromatic rings. The number of hydrogen-bond donors (Lipinski definition) is 2. The molecule has 120 valence electrons. The van der Waals surface area contributed by atoms with E-state index in [2.05, 4.69) is 25.7 Å². The van der Waals surface area contributed by atoms with Crippen LogP contribution in [0.5, 0.6) is 0 Å². The van der Waals surface area contributed by atoms with E-state index < -0.39 is 5.97 Å². The van der Waals surface area contributed by atoms with Crippen LogP contribution in [-0.2, 0) is 9.68 Å². The Labute approximate surface area is 123 Å². The van der Waals surface area contributed by atoms with Gasteiger partial charge in [0, 0.05) is 0 Å². The number of aliphatic hydroxyl groups excluding tert-OH is 1. The van der Waals surface area contributed by atoms with Gasteiger partial charge in [-0.15, -0.1) is 0 Å². The second-order valence-electron chi connectivity index (χ2n) is 7.34. The molecule has 0 heterocycles. The fraction of sp³-hybridized carbons (Fsp3) is 0.938. The first-order chi connectivity index (χ1) is 9.15. The zero-order chi connectivity index (χ0) is 15.8. The zero-order valence-electron chi connectivity index (χ0n) is 13.7. The van der Waals surface area contributed by atoms with E-state index in [4.69, 9.17) is 5.26 Å². The van der Waals surface area contributed by atoms with Crippen molar-refractivity contribution in [2.45, 2.75) is 79.2 Å². The Morgan fingerprint density at radius 2 is 1.75 bits per heavy atom. The summed E-state index contributed by atoms with van der Waals surface area (Å²) < 4.78 is 0. The van der Waals surface area contributed by atoms with Crippen LogP contribution in [-0.4, -0.2) is 22.4 Å². The SMILES string of the molecule is CC(O)CC(C)CC(CCCCC(C)(C)C)C(=O)OO. The van der Waals surface area contributed by atoms with Crippen LogP contribution in [0.2, 0.25) is 0 Å². The van der Waals surface area contributed by atoms with E-state index in [9.17, 15) is 9.90 Å². The molecule has 0 aromatic carbocycles. The molecule has 0 saturated heterocycles. The normalized spacial score (nSPS) is 16.6. The highest BCUT2D eigenvalue weighted by molar-refractivity contribution is 5.71. The van der Waals surface area contributed by atoms with Crippen LogP contribution < -0.4 is 0 Å². The minimum Gasteiger partial charge on any atom is -0.393 e. The maximum atomic E-state index is 11.6. The third-order valence-electron chi connectivity index (χ3n) is 3.58. The molecule has 4 heteroatoms. The lowest BCUT2D eigenvalue weighted by Crippen LogP contribution is -2.21. The summed E-state index contributed by atoms with van der Waals surface area (Å²) in [6.45, 7) is 10.4. The zero-order valence-corrected chi connectivity index (χ0v) is 13.7. The molecule has 0 amide bonds. The fourth-order valence-corrected chi connectivity index (χ4v) is 2.62. The maximum Gasteiger partial charge on any atom is 0.345 e. The minimum absolute atomic E-state index is 0.238. The Kier molecular flexibility index (Phi) is 9.06. The van der Waals surface area contributed by atoms with E-state index >= 15 is 0 Å². The first-order valence-corrected chi connectivity index (χ1v) is 7.69. The van der Waals surface area contributed by atoms with Crippen molar-refractivity contribution in [2.75, 3.05) is 0 Å². The van der Waals surface area contributed by atoms with Gasteiger partial charge in [0.25, 0.3) is 0 Å². The van der Waals surface area contributed by atoms with Gasteiger partial charge in [0.2, 0.25) is 0 Å². The first-order valence-electron chi connectivity index (χ1n) is 7.69. The van der Waals surface area contributed by atoms with Crippen molar-refractivity contribution in [3.63, 3.8) is 0 Å². The summed E-state index contributed by atoms with van der Waals surface area (Å²) in [6.07, 6.45) is 4.84. The van der Waals surface area contributed by atoms with Crippen molar-refractivity contribution in [1.29, 1.82) is 0 Å². The highest BCUT2D eigenvalue weighted by atomic mass is 17.1. The van der Waals surface area contributed by atoms with Gasteiger partial charge in [0.05, 0.1) is 12.0 Å². The van der Waals surface area contributed by atoms with E-state index in [1.54, 1.807) is 6.92 Å². The fourth-order valence-electron chi connectivity index (χ4n) is 2.62. The van der Waals surface area contributed by atoms with Crippen molar-refractivity contribution in [3.05, 3.63) is 0 Å². The van der Waals surface area contributed by atoms with Gasteiger partial charge in [-0.05, 0) is 43.9 Å². The van der Waals surface area contributed by atoms with Gasteiger partial charge >= 0.3 is 5.97 Å². The highest BCUT2D eigenvalue weighted by Crippen LogP contribution is 2.26. The van der Waals surface area contributed by atoms with Crippen LogP contribution in [0.1, 0.15) is 73.1 Å². The third-order valence-corrected chi connectivity index (χ3v) is 3.58. The van der Waals surface area contributed by atoms with Crippen LogP contribution in [0, 0.1) is 17.3 Å². The van der Waals surface area contributed by atoms with E-state index in [-0.39, 0.29) is 17.9 Å². The summed E-state index contributed by atoms with van der Waals surface area (Å²) in [7, 11) is 0. The van der Waals surface area contributed by atoms with E-state index in [1.165, 1.54) is 0 Å². The monoisotopic (exact) mass is 288 g/mol. The number of hydrogen-bond acceptors (Lipinski definition) is 4. The summed E-state index contributed by atoms with van der Waals surface area (Å²) >= 11 is 0. The van der Waals surface area contributed by atoms with Gasteiger partial charge in [-0.1, -0.05) is 40.5 Å². The molecule has 20 heavy (non-hydrogen) atoms. The third kappa shape index (κ3) is 10.2. The van der Waals surface area contributed by atoms with Gasteiger partial charge in [-0.2, -0.15) is 5.26 Å². The van der Waals surface area contributed by atoms with Crippen molar-refractivity contribution in [2.24, 2.45) is 17.3 Å². The molecule has 0 saturated carbocycles. The van der Waals surface area contributed by atoms with Crippen molar-refractivity contribution >= 4 is 5.97 Å². The predicted molar refractivity (Wildman–Crippen MR) is 80.2 cm³/mol. The van der Waals surface area contributed by atoms with Crippen molar-refractivity contribution in [3.8, 4) is 0 Å². The summed E-state index contributed by atoms with van der Waals surface area (Å²) in [5.41, 5.74) is 0.312. The van der Waals surface area contributed by atoms with Crippen molar-refractivity contribution < 1.29 is 20.0 Å². The van der Waals surface area contributed by atoms with Gasteiger partial charge in [-0.3, -0.25) is 0 Å². The Balaban J connectivity index is 4.19. The molecule has 0 fully saturated rings. The molecule has 0 aliphatic heterocycles. The van der Waals surface area contributed by atoms with Gasteiger partial charge in [0.15, 0.2) is 0 Å². The molecule has 3 atom stereocenters. The Hall–Kier alpha value is -0.610. The van der Waals surface area contributed by atoms with E-state index in [1.807, 2.05) is 6.92 Å². The Bertz CT molecular complexity index is 268. The minimum atomic E-state index is -0.543. The second-order valence-corrected chi connectivity index (χ2v) is 7.34. The lowest BCUT2D eigenvalue weighted by molar-refractivity contribution is -0.239. The Morgan fingerprint density at radius 1 is 1.15 bits per heavy atom. The highest BCUT2D eigenvalue weighted by Gasteiger charge is 2.23. The first kappa shape index (κ1) is 19.4. The molecule has 2 N–H and O–H groups in total. The van der Waals surface area contributed by atoms with Crippen LogP contribution in [0.3, 0.4) is 0 Å². The summed E-state index contributed by atoms with van der Waals surface area (Å²) in [5.74, 6) is -0.575. The molecule has 0 aliphatic rings. The smallest absolute Gasteiger partial charge is 0.345 e. The number of aliphatic hydroxyl groups is 1. The molecule has 3 unspecified atom stereocenters. The topological polar surface area (TPSA) is 66.8 Å². The van der Waals surface area contributed by atoms with Gasteiger partial charge < -0.3 is 9.99 Å². The Morgan fingerprint density at radius 3 is 2.20 bits per heavy atom. The number of unbranched alkanes of at least 4 members (excludes halogenated alkanes) is 1. The quantitative estimate of drug-likeness (QED) is 0.382. The number of carbonyl (C=O) groups excluding carboxylic acids is 1. The molecular weight excluding hydrogens is 256 g/mol. The van der Waals surface area contributed by atoms with Crippen LogP contribution in [0.25, 0.3) is 0 Å². The molecular formula is C16H32O4. The molecule has 0 radical (unpaired) electrons. The molecule has 0 aromatic heterocycles. The lowest BCUT2D eigenvalue weighted by atomic mass is 9.86. The predicted octanol–water partition coefficient (Wildman–Crippen LogP) is 4.02. The molecule has 0 rings (SSSR count). The average molecular weight is 288 g/mol. The summed E-state index contributed by atoms with van der Waals surface area (Å²) in [4.78, 5) is 15.5. The molecule has 0 spiro atoms. The standard InChI is InChI=1S/C16H32O4/c1-12(10-13(2)17)11-14(15(18)20-19)8-6-7-9-16(3,4)5/h12-14,17,19H,6-11H2,1-5H3.